The second-order valence-corrected chi connectivity index (χ2v) is 6.87. The highest BCUT2D eigenvalue weighted by molar-refractivity contribution is 4.81. The number of rotatable bonds is 5. The quantitative estimate of drug-likeness (QED) is 0.793. The van der Waals surface area contributed by atoms with Gasteiger partial charge in [-0.05, 0) is 31.7 Å². The van der Waals surface area contributed by atoms with Crippen molar-refractivity contribution in [3.05, 3.63) is 0 Å². The SMILES string of the molecule is CC(C)NCC(C)(C)CN1CCCCCC1C. The third kappa shape index (κ3) is 5.87. The molecule has 1 atom stereocenters. The molecule has 0 radical (unpaired) electrons. The second kappa shape index (κ2) is 6.75. The van der Waals surface area contributed by atoms with Crippen LogP contribution in [0.5, 0.6) is 0 Å². The molecule has 1 fully saturated rings. The van der Waals surface area contributed by atoms with Gasteiger partial charge in [0.25, 0.3) is 0 Å². The fourth-order valence-corrected chi connectivity index (χ4v) is 2.66. The zero-order valence-electron chi connectivity index (χ0n) is 12.6. The Kier molecular flexibility index (Phi) is 5.94. The van der Waals surface area contributed by atoms with E-state index in [9.17, 15) is 0 Å². The summed E-state index contributed by atoms with van der Waals surface area (Å²) in [6.45, 7) is 15.3. The van der Waals surface area contributed by atoms with E-state index < -0.39 is 0 Å². The molecule has 2 heteroatoms. The van der Waals surface area contributed by atoms with E-state index in [1.807, 2.05) is 0 Å². The molecular weight excluding hydrogens is 208 g/mol. The lowest BCUT2D eigenvalue weighted by atomic mass is 9.91. The third-order valence-corrected chi connectivity index (χ3v) is 3.81. The Labute approximate surface area is 108 Å². The van der Waals surface area contributed by atoms with E-state index >= 15 is 0 Å². The van der Waals surface area contributed by atoms with Gasteiger partial charge in [-0.1, -0.05) is 40.5 Å². The molecule has 0 aromatic rings. The van der Waals surface area contributed by atoms with Crippen LogP contribution in [0.2, 0.25) is 0 Å². The number of hydrogen-bond acceptors (Lipinski definition) is 2. The first-order valence-corrected chi connectivity index (χ1v) is 7.38. The molecule has 0 saturated carbocycles. The van der Waals surface area contributed by atoms with Gasteiger partial charge in [-0.25, -0.2) is 0 Å². The lowest BCUT2D eigenvalue weighted by molar-refractivity contribution is 0.136. The highest BCUT2D eigenvalue weighted by Gasteiger charge is 2.25. The largest absolute Gasteiger partial charge is 0.314 e. The van der Waals surface area contributed by atoms with Crippen LogP contribution in [0, 0.1) is 5.41 Å². The van der Waals surface area contributed by atoms with Gasteiger partial charge >= 0.3 is 0 Å². The topological polar surface area (TPSA) is 15.3 Å². The molecule has 0 amide bonds. The minimum atomic E-state index is 0.378. The monoisotopic (exact) mass is 240 g/mol. The number of nitrogens with zero attached hydrogens (tertiary/aromatic N) is 1. The molecule has 1 saturated heterocycles. The molecule has 17 heavy (non-hydrogen) atoms. The first kappa shape index (κ1) is 15.0. The van der Waals surface area contributed by atoms with E-state index in [2.05, 4.69) is 44.8 Å². The van der Waals surface area contributed by atoms with Crippen molar-refractivity contribution in [2.24, 2.45) is 5.41 Å². The second-order valence-electron chi connectivity index (χ2n) is 6.87. The van der Waals surface area contributed by atoms with Crippen LogP contribution in [0.15, 0.2) is 0 Å². The van der Waals surface area contributed by atoms with Gasteiger partial charge < -0.3 is 10.2 Å². The zero-order chi connectivity index (χ0) is 12.9. The summed E-state index contributed by atoms with van der Waals surface area (Å²) in [6, 6.07) is 1.37. The van der Waals surface area contributed by atoms with Crippen molar-refractivity contribution >= 4 is 0 Å². The minimum absolute atomic E-state index is 0.378. The molecule has 0 aromatic carbocycles. The van der Waals surface area contributed by atoms with E-state index in [1.165, 1.54) is 38.8 Å². The van der Waals surface area contributed by atoms with Crippen LogP contribution in [0.3, 0.4) is 0 Å². The van der Waals surface area contributed by atoms with Gasteiger partial charge in [0.1, 0.15) is 0 Å². The van der Waals surface area contributed by atoms with Crippen LogP contribution >= 0.6 is 0 Å². The Morgan fingerprint density at radius 3 is 2.59 bits per heavy atom. The highest BCUT2D eigenvalue weighted by atomic mass is 15.2. The molecule has 0 spiro atoms. The first-order chi connectivity index (χ1) is 7.91. The molecule has 1 heterocycles. The van der Waals surface area contributed by atoms with Crippen molar-refractivity contribution in [3.63, 3.8) is 0 Å². The highest BCUT2D eigenvalue weighted by Crippen LogP contribution is 2.22. The summed E-state index contributed by atoms with van der Waals surface area (Å²) < 4.78 is 0. The lowest BCUT2D eigenvalue weighted by Gasteiger charge is -2.36. The van der Waals surface area contributed by atoms with E-state index in [-0.39, 0.29) is 0 Å². The van der Waals surface area contributed by atoms with Gasteiger partial charge in [-0.3, -0.25) is 0 Å². The van der Waals surface area contributed by atoms with Crippen LogP contribution in [-0.4, -0.2) is 36.6 Å². The summed E-state index contributed by atoms with van der Waals surface area (Å²) >= 11 is 0. The van der Waals surface area contributed by atoms with Crippen molar-refractivity contribution in [1.29, 1.82) is 0 Å². The van der Waals surface area contributed by atoms with Gasteiger partial charge in [-0.2, -0.15) is 0 Å². The molecule has 1 unspecified atom stereocenters. The Bertz CT molecular complexity index is 211. The van der Waals surface area contributed by atoms with E-state index in [4.69, 9.17) is 0 Å². The summed E-state index contributed by atoms with van der Waals surface area (Å²) in [4.78, 5) is 2.70. The van der Waals surface area contributed by atoms with Gasteiger partial charge in [0, 0.05) is 25.2 Å². The van der Waals surface area contributed by atoms with E-state index in [0.29, 0.717) is 11.5 Å². The molecule has 102 valence electrons. The average molecular weight is 240 g/mol. The maximum atomic E-state index is 3.58. The molecule has 0 aromatic heterocycles. The fourth-order valence-electron chi connectivity index (χ4n) is 2.66. The van der Waals surface area contributed by atoms with Crippen LogP contribution < -0.4 is 5.32 Å². The smallest absolute Gasteiger partial charge is 0.00671 e. The molecule has 0 aliphatic carbocycles. The van der Waals surface area contributed by atoms with Crippen LogP contribution in [-0.2, 0) is 0 Å². The maximum absolute atomic E-state index is 3.58. The van der Waals surface area contributed by atoms with Crippen molar-refractivity contribution in [3.8, 4) is 0 Å². The van der Waals surface area contributed by atoms with Crippen molar-refractivity contribution in [1.82, 2.24) is 10.2 Å². The molecular formula is C15H32N2. The Morgan fingerprint density at radius 1 is 1.24 bits per heavy atom. The number of hydrogen-bond donors (Lipinski definition) is 1. The molecule has 0 bridgehead atoms. The maximum Gasteiger partial charge on any atom is 0.00671 e. The van der Waals surface area contributed by atoms with E-state index in [0.717, 1.165) is 12.6 Å². The predicted octanol–water partition coefficient (Wildman–Crippen LogP) is 3.28. The zero-order valence-corrected chi connectivity index (χ0v) is 12.6. The van der Waals surface area contributed by atoms with Gasteiger partial charge in [0.2, 0.25) is 0 Å². The van der Waals surface area contributed by atoms with E-state index in [1.54, 1.807) is 0 Å². The van der Waals surface area contributed by atoms with Crippen molar-refractivity contribution in [2.45, 2.75) is 72.4 Å². The Hall–Kier alpha value is -0.0800. The van der Waals surface area contributed by atoms with Crippen LogP contribution in [0.1, 0.15) is 60.3 Å². The molecule has 1 aliphatic heterocycles. The van der Waals surface area contributed by atoms with Gasteiger partial charge in [-0.15, -0.1) is 0 Å². The predicted molar refractivity (Wildman–Crippen MR) is 76.4 cm³/mol. The molecule has 1 rings (SSSR count). The third-order valence-electron chi connectivity index (χ3n) is 3.81. The number of likely N-dealkylation sites (tertiary alicyclic amines) is 1. The van der Waals surface area contributed by atoms with Crippen molar-refractivity contribution in [2.75, 3.05) is 19.6 Å². The summed E-state index contributed by atoms with van der Waals surface area (Å²) in [6.07, 6.45) is 5.61. The fraction of sp³-hybridized carbons (Fsp3) is 1.00. The Balaban J connectivity index is 2.43. The Morgan fingerprint density at radius 2 is 1.94 bits per heavy atom. The molecule has 2 nitrogen and oxygen atoms in total. The summed E-state index contributed by atoms with van der Waals surface area (Å²) in [5.41, 5.74) is 0.378. The van der Waals surface area contributed by atoms with Gasteiger partial charge in [0.15, 0.2) is 0 Å². The normalized spacial score (nSPS) is 24.0. The lowest BCUT2D eigenvalue weighted by Crippen LogP contribution is -2.45. The average Bonchev–Trinajstić information content (AvgIpc) is 2.42. The number of nitrogens with one attached hydrogen (secondary N) is 1. The summed E-state index contributed by atoms with van der Waals surface area (Å²) in [5.74, 6) is 0. The van der Waals surface area contributed by atoms with Crippen molar-refractivity contribution < 1.29 is 0 Å². The summed E-state index contributed by atoms with van der Waals surface area (Å²) in [7, 11) is 0. The van der Waals surface area contributed by atoms with Crippen LogP contribution in [0.4, 0.5) is 0 Å². The van der Waals surface area contributed by atoms with Gasteiger partial charge in [0.05, 0.1) is 0 Å². The standard InChI is InChI=1S/C15H32N2/c1-13(2)16-11-15(4,5)12-17-10-8-6-7-9-14(17)3/h13-14,16H,6-12H2,1-5H3. The molecule has 1 aliphatic rings. The minimum Gasteiger partial charge on any atom is -0.314 e. The summed E-state index contributed by atoms with van der Waals surface area (Å²) in [5, 5.41) is 3.58. The molecule has 1 N–H and O–H groups in total. The van der Waals surface area contributed by atoms with Crippen LogP contribution in [0.25, 0.3) is 0 Å². The first-order valence-electron chi connectivity index (χ1n) is 7.38.